The molecule has 2 aromatic carbocycles. The number of carbonyl (C=O) groups is 1. The Morgan fingerprint density at radius 1 is 1.21 bits per heavy atom. The SMILES string of the molecule is CCOc1cc(OCC)c(C(=O)Nc2cccc3c2CCN(C)C3)cc1C#N.Cl. The molecule has 0 fully saturated rings. The summed E-state index contributed by atoms with van der Waals surface area (Å²) < 4.78 is 11.2. The monoisotopic (exact) mass is 415 g/mol. The Hall–Kier alpha value is -2.75. The van der Waals surface area contributed by atoms with Crippen molar-refractivity contribution in [2.24, 2.45) is 0 Å². The number of hydrogen-bond acceptors (Lipinski definition) is 5. The van der Waals surface area contributed by atoms with Crippen LogP contribution in [0.1, 0.15) is 40.9 Å². The van der Waals surface area contributed by atoms with Crippen LogP contribution in [0.4, 0.5) is 5.69 Å². The van der Waals surface area contributed by atoms with E-state index >= 15 is 0 Å². The normalized spacial score (nSPS) is 12.9. The average molecular weight is 416 g/mol. The number of nitrogens with one attached hydrogen (secondary N) is 1. The van der Waals surface area contributed by atoms with E-state index in [1.54, 1.807) is 6.07 Å². The molecule has 2 aromatic rings. The topological polar surface area (TPSA) is 74.6 Å². The first-order valence-corrected chi connectivity index (χ1v) is 9.51. The van der Waals surface area contributed by atoms with Gasteiger partial charge in [0.2, 0.25) is 0 Å². The number of benzene rings is 2. The first-order chi connectivity index (χ1) is 13.6. The first-order valence-electron chi connectivity index (χ1n) is 9.51. The molecule has 0 aromatic heterocycles. The molecule has 154 valence electrons. The minimum Gasteiger partial charge on any atom is -0.493 e. The molecule has 1 aliphatic rings. The molecule has 0 radical (unpaired) electrons. The van der Waals surface area contributed by atoms with Gasteiger partial charge in [0.25, 0.3) is 5.91 Å². The van der Waals surface area contributed by atoms with Gasteiger partial charge in [0.1, 0.15) is 17.6 Å². The van der Waals surface area contributed by atoms with Crippen LogP contribution in [0.25, 0.3) is 0 Å². The predicted octanol–water partition coefficient (Wildman–Crippen LogP) is 4.02. The second kappa shape index (κ2) is 10.1. The summed E-state index contributed by atoms with van der Waals surface area (Å²) in [6.45, 7) is 6.35. The van der Waals surface area contributed by atoms with Crippen LogP contribution in [0.15, 0.2) is 30.3 Å². The van der Waals surface area contributed by atoms with Crippen LogP contribution >= 0.6 is 12.4 Å². The summed E-state index contributed by atoms with van der Waals surface area (Å²) in [6.07, 6.45) is 0.882. The zero-order chi connectivity index (χ0) is 20.1. The second-order valence-electron chi connectivity index (χ2n) is 6.71. The highest BCUT2D eigenvalue weighted by Crippen LogP contribution is 2.31. The van der Waals surface area contributed by atoms with Crippen molar-refractivity contribution in [3.05, 3.63) is 52.6 Å². The van der Waals surface area contributed by atoms with Gasteiger partial charge in [-0.3, -0.25) is 4.79 Å². The van der Waals surface area contributed by atoms with Gasteiger partial charge >= 0.3 is 0 Å². The van der Waals surface area contributed by atoms with Crippen molar-refractivity contribution >= 4 is 24.0 Å². The molecule has 0 spiro atoms. The Kier molecular flexibility index (Phi) is 7.89. The van der Waals surface area contributed by atoms with Gasteiger partial charge in [-0.15, -0.1) is 12.4 Å². The van der Waals surface area contributed by atoms with Crippen LogP contribution in [0.2, 0.25) is 0 Å². The van der Waals surface area contributed by atoms with Gasteiger partial charge in [-0.25, -0.2) is 0 Å². The minimum atomic E-state index is -0.296. The van der Waals surface area contributed by atoms with Crippen LogP contribution < -0.4 is 14.8 Å². The molecule has 0 aliphatic carbocycles. The molecular weight excluding hydrogens is 390 g/mol. The highest BCUT2D eigenvalue weighted by molar-refractivity contribution is 6.07. The van der Waals surface area contributed by atoms with Gasteiger partial charge in [0, 0.05) is 24.8 Å². The fraction of sp³-hybridized carbons (Fsp3) is 0.364. The lowest BCUT2D eigenvalue weighted by Crippen LogP contribution is -2.27. The van der Waals surface area contributed by atoms with E-state index in [2.05, 4.69) is 29.4 Å². The second-order valence-corrected chi connectivity index (χ2v) is 6.71. The average Bonchev–Trinajstić information content (AvgIpc) is 2.68. The lowest BCUT2D eigenvalue weighted by atomic mass is 9.98. The zero-order valence-corrected chi connectivity index (χ0v) is 17.8. The van der Waals surface area contributed by atoms with Crippen LogP contribution in [0.3, 0.4) is 0 Å². The largest absolute Gasteiger partial charge is 0.493 e. The lowest BCUT2D eigenvalue weighted by molar-refractivity contribution is 0.102. The van der Waals surface area contributed by atoms with E-state index in [1.165, 1.54) is 17.2 Å². The van der Waals surface area contributed by atoms with E-state index in [0.717, 1.165) is 25.2 Å². The van der Waals surface area contributed by atoms with Gasteiger partial charge < -0.3 is 19.7 Å². The van der Waals surface area contributed by atoms with E-state index < -0.39 is 0 Å². The third kappa shape index (κ3) is 5.00. The van der Waals surface area contributed by atoms with Crippen LogP contribution in [0, 0.1) is 11.3 Å². The number of halogens is 1. The van der Waals surface area contributed by atoms with Crippen molar-refractivity contribution in [2.75, 3.05) is 32.1 Å². The van der Waals surface area contributed by atoms with Gasteiger partial charge in [-0.2, -0.15) is 5.26 Å². The third-order valence-corrected chi connectivity index (χ3v) is 4.75. The highest BCUT2D eigenvalue weighted by atomic mass is 35.5. The molecule has 0 saturated carbocycles. The van der Waals surface area contributed by atoms with Crippen molar-refractivity contribution in [3.63, 3.8) is 0 Å². The number of ether oxygens (including phenoxy) is 2. The van der Waals surface area contributed by atoms with E-state index in [9.17, 15) is 10.1 Å². The van der Waals surface area contributed by atoms with Gasteiger partial charge in [-0.1, -0.05) is 12.1 Å². The fourth-order valence-corrected chi connectivity index (χ4v) is 3.43. The Bertz CT molecular complexity index is 924. The van der Waals surface area contributed by atoms with E-state index in [0.29, 0.717) is 35.8 Å². The number of amides is 1. The summed E-state index contributed by atoms with van der Waals surface area (Å²) in [4.78, 5) is 15.3. The van der Waals surface area contributed by atoms with Crippen LogP contribution in [0.5, 0.6) is 11.5 Å². The molecule has 29 heavy (non-hydrogen) atoms. The molecule has 0 bridgehead atoms. The standard InChI is InChI=1S/C22H25N3O3.ClH/c1-4-27-20-12-21(28-5-2)18(11-16(20)13-23)22(26)24-19-8-6-7-15-14-25(3)10-9-17(15)19;/h6-8,11-12H,4-5,9-10,14H2,1-3H3,(H,24,26);1H. The summed E-state index contributed by atoms with van der Waals surface area (Å²) in [7, 11) is 2.09. The molecule has 7 heteroatoms. The number of anilines is 1. The number of fused-ring (bicyclic) bond motifs is 1. The number of rotatable bonds is 6. The van der Waals surface area contributed by atoms with Crippen LogP contribution in [-0.2, 0) is 13.0 Å². The summed E-state index contributed by atoms with van der Waals surface area (Å²) >= 11 is 0. The first kappa shape index (κ1) is 22.5. The predicted molar refractivity (Wildman–Crippen MR) is 115 cm³/mol. The number of likely N-dealkylation sites (N-methyl/N-ethyl adjacent to an activating group) is 1. The summed E-state index contributed by atoms with van der Waals surface area (Å²) in [5.74, 6) is 0.535. The molecule has 1 amide bonds. The van der Waals surface area contributed by atoms with Gasteiger partial charge in [0.05, 0.1) is 24.3 Å². The maximum absolute atomic E-state index is 13.0. The molecule has 3 rings (SSSR count). The molecule has 6 nitrogen and oxygen atoms in total. The summed E-state index contributed by atoms with van der Waals surface area (Å²) in [5, 5.41) is 12.5. The lowest BCUT2D eigenvalue weighted by Gasteiger charge is -2.27. The Balaban J connectivity index is 0.00000300. The molecular formula is C22H26ClN3O3. The Morgan fingerprint density at radius 2 is 1.93 bits per heavy atom. The van der Waals surface area contributed by atoms with Crippen molar-refractivity contribution in [1.82, 2.24) is 4.90 Å². The summed E-state index contributed by atoms with van der Waals surface area (Å²) in [5.41, 5.74) is 3.84. The highest BCUT2D eigenvalue weighted by Gasteiger charge is 2.21. The molecule has 1 aliphatic heterocycles. The minimum absolute atomic E-state index is 0. The number of carbonyl (C=O) groups excluding carboxylic acids is 1. The van der Waals surface area contributed by atoms with Gasteiger partial charge in [0.15, 0.2) is 0 Å². The molecule has 1 N–H and O–H groups in total. The van der Waals surface area contributed by atoms with E-state index in [-0.39, 0.29) is 18.3 Å². The maximum atomic E-state index is 13.0. The molecule has 0 unspecified atom stereocenters. The smallest absolute Gasteiger partial charge is 0.259 e. The van der Waals surface area contributed by atoms with Gasteiger partial charge in [-0.05, 0) is 50.6 Å². The quantitative estimate of drug-likeness (QED) is 0.771. The maximum Gasteiger partial charge on any atom is 0.259 e. The van der Waals surface area contributed by atoms with Crippen LogP contribution in [-0.4, -0.2) is 37.6 Å². The Morgan fingerprint density at radius 3 is 2.62 bits per heavy atom. The van der Waals surface area contributed by atoms with E-state index in [1.807, 2.05) is 26.0 Å². The Labute approximate surface area is 177 Å². The fourth-order valence-electron chi connectivity index (χ4n) is 3.43. The molecule has 1 heterocycles. The van der Waals surface area contributed by atoms with Crippen molar-refractivity contribution in [3.8, 4) is 17.6 Å². The number of hydrogen-bond donors (Lipinski definition) is 1. The molecule has 0 atom stereocenters. The summed E-state index contributed by atoms with van der Waals surface area (Å²) in [6, 6.07) is 11.2. The zero-order valence-electron chi connectivity index (χ0n) is 16.9. The third-order valence-electron chi connectivity index (χ3n) is 4.75. The van der Waals surface area contributed by atoms with E-state index in [4.69, 9.17) is 9.47 Å². The van der Waals surface area contributed by atoms with Crippen molar-refractivity contribution in [2.45, 2.75) is 26.8 Å². The molecule has 0 saturated heterocycles. The number of nitriles is 1. The van der Waals surface area contributed by atoms with Crippen molar-refractivity contribution < 1.29 is 14.3 Å². The number of nitrogens with zero attached hydrogens (tertiary/aromatic N) is 2. The van der Waals surface area contributed by atoms with Crippen molar-refractivity contribution in [1.29, 1.82) is 5.26 Å².